The van der Waals surface area contributed by atoms with Crippen LogP contribution in [0.5, 0.6) is 0 Å². The maximum atomic E-state index is 5.57. The van der Waals surface area contributed by atoms with Gasteiger partial charge in [-0.15, -0.1) is 12.4 Å². The van der Waals surface area contributed by atoms with Gasteiger partial charge in [0.2, 0.25) is 0 Å². The van der Waals surface area contributed by atoms with E-state index < -0.39 is 0 Å². The highest BCUT2D eigenvalue weighted by Gasteiger charge is 1.98. The van der Waals surface area contributed by atoms with Crippen molar-refractivity contribution in [2.24, 2.45) is 5.73 Å². The van der Waals surface area contributed by atoms with E-state index in [2.05, 4.69) is 19.1 Å². The van der Waals surface area contributed by atoms with E-state index in [1.54, 1.807) is 0 Å². The van der Waals surface area contributed by atoms with Crippen LogP contribution in [0.15, 0.2) is 24.3 Å². The molecule has 0 saturated carbocycles. The van der Waals surface area contributed by atoms with Crippen molar-refractivity contribution in [1.82, 2.24) is 0 Å². The fraction of sp³-hybridized carbons (Fsp3) is 0.455. The Balaban J connectivity index is 0.00000169. The molecule has 2 N–H and O–H groups in total. The van der Waals surface area contributed by atoms with Crippen molar-refractivity contribution < 1.29 is 4.74 Å². The minimum absolute atomic E-state index is 0. The van der Waals surface area contributed by atoms with Gasteiger partial charge in [0, 0.05) is 6.04 Å². The molecule has 1 aromatic carbocycles. The molecule has 1 aromatic rings. The van der Waals surface area contributed by atoms with E-state index in [1.165, 1.54) is 11.1 Å². The van der Waals surface area contributed by atoms with Crippen molar-refractivity contribution in [3.8, 4) is 0 Å². The highest BCUT2D eigenvalue weighted by atomic mass is 35.5. The van der Waals surface area contributed by atoms with Crippen molar-refractivity contribution in [3.63, 3.8) is 0 Å². The highest BCUT2D eigenvalue weighted by Crippen LogP contribution is 2.07. The smallest absolute Gasteiger partial charge is 0.0720 e. The molecule has 0 aliphatic heterocycles. The topological polar surface area (TPSA) is 35.2 Å². The van der Waals surface area contributed by atoms with Crippen LogP contribution in [0.2, 0.25) is 0 Å². The van der Waals surface area contributed by atoms with Gasteiger partial charge in [0.05, 0.1) is 13.2 Å². The summed E-state index contributed by atoms with van der Waals surface area (Å²) in [6.07, 6.45) is 0. The van der Waals surface area contributed by atoms with Crippen LogP contribution in [0.4, 0.5) is 0 Å². The van der Waals surface area contributed by atoms with Crippen LogP contribution < -0.4 is 5.73 Å². The molecule has 0 saturated heterocycles. The molecule has 0 aliphatic rings. The molecule has 1 rings (SSSR count). The summed E-state index contributed by atoms with van der Waals surface area (Å²) in [4.78, 5) is 0. The van der Waals surface area contributed by atoms with Crippen molar-refractivity contribution in [2.45, 2.75) is 26.5 Å². The zero-order chi connectivity index (χ0) is 9.68. The predicted octanol–water partition coefficient (Wildman–Crippen LogP) is 2.28. The van der Waals surface area contributed by atoms with Gasteiger partial charge in [0.25, 0.3) is 0 Å². The minimum Gasteiger partial charge on any atom is -0.375 e. The fourth-order valence-electron chi connectivity index (χ4n) is 1.13. The molecule has 0 fully saturated rings. The number of hydrogen-bond acceptors (Lipinski definition) is 2. The van der Waals surface area contributed by atoms with Gasteiger partial charge in [0.15, 0.2) is 0 Å². The Hall–Kier alpha value is -0.570. The first-order valence-corrected chi connectivity index (χ1v) is 4.58. The van der Waals surface area contributed by atoms with Gasteiger partial charge in [-0.05, 0) is 25.0 Å². The quantitative estimate of drug-likeness (QED) is 0.837. The number of nitrogens with two attached hydrogens (primary N) is 1. The summed E-state index contributed by atoms with van der Waals surface area (Å²) in [5.41, 5.74) is 8.08. The maximum absolute atomic E-state index is 5.57. The van der Waals surface area contributed by atoms with E-state index in [4.69, 9.17) is 10.5 Å². The summed E-state index contributed by atoms with van der Waals surface area (Å²) in [6.45, 7) is 5.31. The molecule has 3 heteroatoms. The van der Waals surface area contributed by atoms with Crippen LogP contribution in [0, 0.1) is 6.92 Å². The minimum atomic E-state index is 0. The van der Waals surface area contributed by atoms with Gasteiger partial charge < -0.3 is 10.5 Å². The van der Waals surface area contributed by atoms with Gasteiger partial charge in [-0.2, -0.15) is 0 Å². The number of benzene rings is 1. The fourth-order valence-corrected chi connectivity index (χ4v) is 1.13. The normalized spacial score (nSPS) is 11.9. The van der Waals surface area contributed by atoms with Crippen LogP contribution in [0.25, 0.3) is 0 Å². The summed E-state index contributed by atoms with van der Waals surface area (Å²) < 4.78 is 5.44. The van der Waals surface area contributed by atoms with Crippen LogP contribution in [0.1, 0.15) is 18.1 Å². The van der Waals surface area contributed by atoms with Gasteiger partial charge >= 0.3 is 0 Å². The van der Waals surface area contributed by atoms with Gasteiger partial charge in [-0.1, -0.05) is 24.3 Å². The van der Waals surface area contributed by atoms with E-state index in [-0.39, 0.29) is 18.4 Å². The molecule has 1 atom stereocenters. The molecule has 0 spiro atoms. The molecule has 0 radical (unpaired) electrons. The molecule has 14 heavy (non-hydrogen) atoms. The highest BCUT2D eigenvalue weighted by molar-refractivity contribution is 5.85. The average Bonchev–Trinajstić information content (AvgIpc) is 2.08. The molecule has 0 unspecified atom stereocenters. The monoisotopic (exact) mass is 215 g/mol. The summed E-state index contributed by atoms with van der Waals surface area (Å²) in [6, 6.07) is 8.34. The summed E-state index contributed by atoms with van der Waals surface area (Å²) in [7, 11) is 0. The SMILES string of the molecule is Cc1ccccc1COC[C@@H](C)N.Cl. The van der Waals surface area contributed by atoms with Gasteiger partial charge in [0.1, 0.15) is 0 Å². The summed E-state index contributed by atoms with van der Waals surface area (Å²) in [5, 5.41) is 0. The van der Waals surface area contributed by atoms with Crippen LogP contribution in [0.3, 0.4) is 0 Å². The number of aryl methyl sites for hydroxylation is 1. The van der Waals surface area contributed by atoms with Gasteiger partial charge in [-0.25, -0.2) is 0 Å². The lowest BCUT2D eigenvalue weighted by molar-refractivity contribution is 0.111. The van der Waals surface area contributed by atoms with Crippen molar-refractivity contribution in [2.75, 3.05) is 6.61 Å². The molecule has 2 nitrogen and oxygen atoms in total. The van der Waals surface area contributed by atoms with Gasteiger partial charge in [-0.3, -0.25) is 0 Å². The predicted molar refractivity (Wildman–Crippen MR) is 61.7 cm³/mol. The number of hydrogen-bond donors (Lipinski definition) is 1. The Labute approximate surface area is 91.9 Å². The second-order valence-electron chi connectivity index (χ2n) is 3.42. The largest absolute Gasteiger partial charge is 0.375 e. The first kappa shape index (κ1) is 13.4. The Morgan fingerprint density at radius 3 is 2.57 bits per heavy atom. The maximum Gasteiger partial charge on any atom is 0.0720 e. The van der Waals surface area contributed by atoms with E-state index >= 15 is 0 Å². The molecular weight excluding hydrogens is 198 g/mol. The lowest BCUT2D eigenvalue weighted by Gasteiger charge is -2.08. The van der Waals surface area contributed by atoms with E-state index in [1.807, 2.05) is 19.1 Å². The number of halogens is 1. The van der Waals surface area contributed by atoms with E-state index in [0.29, 0.717) is 13.2 Å². The van der Waals surface area contributed by atoms with Crippen molar-refractivity contribution in [1.29, 1.82) is 0 Å². The Morgan fingerprint density at radius 1 is 1.36 bits per heavy atom. The summed E-state index contributed by atoms with van der Waals surface area (Å²) >= 11 is 0. The van der Waals surface area contributed by atoms with Crippen molar-refractivity contribution in [3.05, 3.63) is 35.4 Å². The molecule has 80 valence electrons. The molecule has 0 aromatic heterocycles. The lowest BCUT2D eigenvalue weighted by Crippen LogP contribution is -2.21. The Kier molecular flexibility index (Phi) is 6.54. The first-order valence-electron chi connectivity index (χ1n) is 4.58. The third-order valence-electron chi connectivity index (χ3n) is 1.90. The summed E-state index contributed by atoms with van der Waals surface area (Å²) in [5.74, 6) is 0. The Morgan fingerprint density at radius 2 is 2.00 bits per heavy atom. The molecule has 0 bridgehead atoms. The molecular formula is C11H18ClNO. The van der Waals surface area contributed by atoms with Crippen LogP contribution in [-0.2, 0) is 11.3 Å². The second-order valence-corrected chi connectivity index (χ2v) is 3.42. The molecule has 0 aliphatic carbocycles. The van der Waals surface area contributed by atoms with Crippen LogP contribution in [-0.4, -0.2) is 12.6 Å². The van der Waals surface area contributed by atoms with E-state index in [9.17, 15) is 0 Å². The average molecular weight is 216 g/mol. The third-order valence-corrected chi connectivity index (χ3v) is 1.90. The first-order chi connectivity index (χ1) is 6.20. The van der Waals surface area contributed by atoms with Crippen molar-refractivity contribution >= 4 is 12.4 Å². The third kappa shape index (κ3) is 4.61. The zero-order valence-corrected chi connectivity index (χ0v) is 9.51. The van der Waals surface area contributed by atoms with Crippen LogP contribution >= 0.6 is 12.4 Å². The number of ether oxygens (including phenoxy) is 1. The Bertz CT molecular complexity index is 263. The zero-order valence-electron chi connectivity index (χ0n) is 8.69. The van der Waals surface area contributed by atoms with E-state index in [0.717, 1.165) is 0 Å². The molecule has 0 heterocycles. The second kappa shape index (κ2) is 6.82. The molecule has 0 amide bonds. The lowest BCUT2D eigenvalue weighted by atomic mass is 10.1. The number of rotatable bonds is 4. The standard InChI is InChI=1S/C11H17NO.ClH/c1-9-5-3-4-6-11(9)8-13-7-10(2)12;/h3-6,10H,7-8,12H2,1-2H3;1H/t10-;/m1./s1.